The second-order valence-electron chi connectivity index (χ2n) is 16.0. The number of nitrogens with zero attached hydrogens (tertiary/aromatic N) is 6. The number of rotatable bonds is 6. The van der Waals surface area contributed by atoms with E-state index in [9.17, 15) is 10.5 Å². The average molecular weight is 725 g/mol. The van der Waals surface area contributed by atoms with Crippen molar-refractivity contribution in [2.75, 3.05) is 9.80 Å². The van der Waals surface area contributed by atoms with Crippen LogP contribution in [-0.4, -0.2) is 0 Å². The van der Waals surface area contributed by atoms with Crippen molar-refractivity contribution >= 4 is 67.0 Å². The molecule has 0 saturated carbocycles. The van der Waals surface area contributed by atoms with Gasteiger partial charge in [0.25, 0.3) is 0 Å². The summed E-state index contributed by atoms with van der Waals surface area (Å²) in [6.07, 6.45) is 0. The summed E-state index contributed by atoms with van der Waals surface area (Å²) in [5.74, 6) is 0. The monoisotopic (exact) mass is 724 g/mol. The molecule has 6 heteroatoms. The second-order valence-corrected chi connectivity index (χ2v) is 16.0. The molecule has 6 nitrogen and oxygen atoms in total. The molecule has 0 radical (unpaired) electrons. The molecule has 0 heterocycles. The Kier molecular flexibility index (Phi) is 9.54. The van der Waals surface area contributed by atoms with E-state index in [0.717, 1.165) is 66.8 Å². The third kappa shape index (κ3) is 6.90. The van der Waals surface area contributed by atoms with Gasteiger partial charge in [0.1, 0.15) is 0 Å². The van der Waals surface area contributed by atoms with Gasteiger partial charge in [-0.1, -0.05) is 90.1 Å². The van der Waals surface area contributed by atoms with Gasteiger partial charge < -0.3 is 9.80 Å². The van der Waals surface area contributed by atoms with Crippen molar-refractivity contribution in [2.45, 2.75) is 52.4 Å². The van der Waals surface area contributed by atoms with Crippen LogP contribution in [0.4, 0.5) is 45.5 Å². The Morgan fingerprint density at radius 2 is 0.732 bits per heavy atom. The molecule has 0 unspecified atom stereocenters. The number of hydrogen-bond acceptors (Lipinski definition) is 4. The Balaban J connectivity index is 1.70. The van der Waals surface area contributed by atoms with E-state index in [2.05, 4.69) is 110 Å². The fraction of sp³-hybridized carbons (Fsp3) is 0.160. The van der Waals surface area contributed by atoms with Crippen molar-refractivity contribution in [3.05, 3.63) is 179 Å². The molecule has 7 aromatic rings. The molecule has 0 aromatic heterocycles. The lowest BCUT2D eigenvalue weighted by molar-refractivity contribution is 0.590. The molecule has 0 aliphatic rings. The standard InChI is InChI=1S/C50H40N6/c1-49(2,3)35-14-28-44-45(29-35)47(55(39-19-9-33(31-51)10-20-39)40-21-11-34(32-52)12-22-40)43-27-13-36(50(4,5)6)30-46(43)48(44)56(41-23-15-37(53-7)16-24-41)42-25-17-38(54-8)18-26-42/h9-30H,1-6H3. The first-order valence-electron chi connectivity index (χ1n) is 18.4. The van der Waals surface area contributed by atoms with Gasteiger partial charge in [0.15, 0.2) is 11.4 Å². The highest BCUT2D eigenvalue weighted by molar-refractivity contribution is 6.23. The van der Waals surface area contributed by atoms with E-state index < -0.39 is 0 Å². The topological polar surface area (TPSA) is 62.8 Å². The molecule has 56 heavy (non-hydrogen) atoms. The van der Waals surface area contributed by atoms with Crippen LogP contribution in [0.15, 0.2) is 133 Å². The summed E-state index contributed by atoms with van der Waals surface area (Å²) in [5.41, 5.74) is 9.63. The summed E-state index contributed by atoms with van der Waals surface area (Å²) in [5, 5.41) is 23.5. The molecular formula is C50H40N6. The molecular weight excluding hydrogens is 685 g/mol. The highest BCUT2D eigenvalue weighted by Crippen LogP contribution is 2.52. The summed E-state index contributed by atoms with van der Waals surface area (Å²) < 4.78 is 0. The summed E-state index contributed by atoms with van der Waals surface area (Å²) in [4.78, 5) is 11.8. The maximum Gasteiger partial charge on any atom is 0.187 e. The van der Waals surface area contributed by atoms with Crippen molar-refractivity contribution in [2.24, 2.45) is 0 Å². The predicted molar refractivity (Wildman–Crippen MR) is 230 cm³/mol. The Hall–Kier alpha value is -7.38. The molecule has 7 rings (SSSR count). The maximum atomic E-state index is 9.74. The molecule has 0 bridgehead atoms. The van der Waals surface area contributed by atoms with Gasteiger partial charge in [-0.2, -0.15) is 10.5 Å². The third-order valence-electron chi connectivity index (χ3n) is 10.2. The number of benzene rings is 7. The van der Waals surface area contributed by atoms with Crippen molar-refractivity contribution in [3.8, 4) is 12.1 Å². The molecule has 0 aliphatic heterocycles. The molecule has 0 aliphatic carbocycles. The van der Waals surface area contributed by atoms with Gasteiger partial charge >= 0.3 is 0 Å². The fourth-order valence-corrected chi connectivity index (χ4v) is 7.14. The minimum Gasteiger partial charge on any atom is -0.309 e. The molecule has 0 fully saturated rings. The van der Waals surface area contributed by atoms with E-state index >= 15 is 0 Å². The number of nitriles is 2. The Morgan fingerprint density at radius 1 is 0.429 bits per heavy atom. The summed E-state index contributed by atoms with van der Waals surface area (Å²) >= 11 is 0. The van der Waals surface area contributed by atoms with Crippen LogP contribution in [0.5, 0.6) is 0 Å². The van der Waals surface area contributed by atoms with Gasteiger partial charge in [-0.15, -0.1) is 0 Å². The van der Waals surface area contributed by atoms with E-state index in [1.807, 2.05) is 97.1 Å². The van der Waals surface area contributed by atoms with Gasteiger partial charge in [0, 0.05) is 44.3 Å². The first-order valence-corrected chi connectivity index (χ1v) is 18.4. The molecule has 0 spiro atoms. The summed E-state index contributed by atoms with van der Waals surface area (Å²) in [6, 6.07) is 48.6. The van der Waals surface area contributed by atoms with Gasteiger partial charge in [-0.25, -0.2) is 9.69 Å². The quantitative estimate of drug-likeness (QED) is 0.0973. The van der Waals surface area contributed by atoms with Crippen molar-refractivity contribution in [1.82, 2.24) is 0 Å². The highest BCUT2D eigenvalue weighted by Gasteiger charge is 2.28. The van der Waals surface area contributed by atoms with Gasteiger partial charge in [0.2, 0.25) is 0 Å². The smallest absolute Gasteiger partial charge is 0.187 e. The van der Waals surface area contributed by atoms with Crippen LogP contribution in [0.25, 0.3) is 31.2 Å². The third-order valence-corrected chi connectivity index (χ3v) is 10.2. The zero-order valence-corrected chi connectivity index (χ0v) is 32.4. The van der Waals surface area contributed by atoms with Gasteiger partial charge in [-0.05, 0) is 107 Å². The minimum atomic E-state index is -0.171. The molecule has 7 aromatic carbocycles. The zero-order chi connectivity index (χ0) is 39.8. The highest BCUT2D eigenvalue weighted by atomic mass is 15.2. The van der Waals surface area contributed by atoms with E-state index in [1.165, 1.54) is 0 Å². The normalized spacial score (nSPS) is 11.3. The largest absolute Gasteiger partial charge is 0.309 e. The van der Waals surface area contributed by atoms with E-state index in [0.29, 0.717) is 22.5 Å². The van der Waals surface area contributed by atoms with Gasteiger partial charge in [-0.3, -0.25) is 0 Å². The first kappa shape index (κ1) is 37.0. The van der Waals surface area contributed by atoms with Crippen molar-refractivity contribution in [1.29, 1.82) is 10.5 Å². The van der Waals surface area contributed by atoms with E-state index in [4.69, 9.17) is 13.1 Å². The Bertz CT molecular complexity index is 2460. The van der Waals surface area contributed by atoms with Crippen LogP contribution in [0.2, 0.25) is 0 Å². The van der Waals surface area contributed by atoms with Gasteiger partial charge in [0.05, 0.1) is 47.8 Å². The Morgan fingerprint density at radius 3 is 1.00 bits per heavy atom. The van der Waals surface area contributed by atoms with E-state index in [1.54, 1.807) is 0 Å². The lowest BCUT2D eigenvalue weighted by Crippen LogP contribution is -2.17. The zero-order valence-electron chi connectivity index (χ0n) is 32.4. The van der Waals surface area contributed by atoms with Crippen molar-refractivity contribution in [3.63, 3.8) is 0 Å². The lowest BCUT2D eigenvalue weighted by Gasteiger charge is -2.34. The summed E-state index contributed by atoms with van der Waals surface area (Å²) in [7, 11) is 0. The van der Waals surface area contributed by atoms with Crippen LogP contribution in [0.3, 0.4) is 0 Å². The first-order chi connectivity index (χ1) is 26.8. The van der Waals surface area contributed by atoms with Crippen molar-refractivity contribution < 1.29 is 0 Å². The maximum absolute atomic E-state index is 9.74. The van der Waals surface area contributed by atoms with Crippen LogP contribution in [-0.2, 0) is 10.8 Å². The molecule has 0 atom stereocenters. The summed E-state index contributed by atoms with van der Waals surface area (Å²) in [6.45, 7) is 28.6. The Labute approximate surface area is 329 Å². The van der Waals surface area contributed by atoms with Crippen LogP contribution in [0, 0.1) is 35.8 Å². The van der Waals surface area contributed by atoms with Crippen LogP contribution >= 0.6 is 0 Å². The molecule has 0 amide bonds. The number of anilines is 6. The van der Waals surface area contributed by atoms with Crippen LogP contribution < -0.4 is 9.80 Å². The lowest BCUT2D eigenvalue weighted by atomic mass is 9.82. The SMILES string of the molecule is [C-]#[N+]c1ccc(N(c2ccc([N+]#[C-])cc2)c2c3ccc(C(C)(C)C)cc3c(N(c3ccc(C#N)cc3)c3ccc(C#N)cc3)c3ccc(C(C)(C)C)cc23)cc1. The number of fused-ring (bicyclic) bond motifs is 2. The molecule has 0 saturated heterocycles. The number of hydrogen-bond donors (Lipinski definition) is 0. The molecule has 270 valence electrons. The van der Waals surface area contributed by atoms with E-state index in [-0.39, 0.29) is 10.8 Å². The molecule has 0 N–H and O–H groups in total. The average Bonchev–Trinajstić information content (AvgIpc) is 3.21. The fourth-order valence-electron chi connectivity index (χ4n) is 7.14. The van der Waals surface area contributed by atoms with Crippen LogP contribution in [0.1, 0.15) is 63.8 Å². The minimum absolute atomic E-state index is 0.171. The predicted octanol–water partition coefficient (Wildman–Crippen LogP) is 14.4. The second kappa shape index (κ2) is 14.5.